The highest BCUT2D eigenvalue weighted by atomic mass is 32.2. The number of carbonyl (C=O) groups excluding carboxylic acids is 6. The van der Waals surface area contributed by atoms with Gasteiger partial charge in [-0.15, -0.1) is 0 Å². The summed E-state index contributed by atoms with van der Waals surface area (Å²) >= 11 is 1.05. The molecular formula is C21H31N3O6S. The Kier molecular flexibility index (Phi) is 12.3. The first-order valence-electron chi connectivity index (χ1n) is 8.29. The SMILES string of the molecule is C.C.C.CN1C(=O)CCC1=O.CN1C(=O)CSC1=O.CN1C(=O)c2ccccc2C1=O. The van der Waals surface area contributed by atoms with Crippen molar-refractivity contribution in [1.82, 2.24) is 14.7 Å². The van der Waals surface area contributed by atoms with Crippen molar-refractivity contribution in [2.24, 2.45) is 0 Å². The smallest absolute Gasteiger partial charge is 0.286 e. The van der Waals surface area contributed by atoms with Crippen molar-refractivity contribution in [3.05, 3.63) is 35.4 Å². The van der Waals surface area contributed by atoms with Crippen LogP contribution in [0.25, 0.3) is 0 Å². The summed E-state index contributed by atoms with van der Waals surface area (Å²) in [6, 6.07) is 6.84. The lowest BCUT2D eigenvalue weighted by atomic mass is 10.1. The zero-order valence-electron chi connectivity index (χ0n) is 15.6. The number of imide groups is 3. The number of hydrogen-bond donors (Lipinski definition) is 0. The van der Waals surface area contributed by atoms with E-state index in [9.17, 15) is 28.8 Å². The van der Waals surface area contributed by atoms with Gasteiger partial charge in [-0.2, -0.15) is 0 Å². The number of fused-ring (bicyclic) bond motifs is 1. The van der Waals surface area contributed by atoms with Crippen LogP contribution in [-0.2, 0) is 14.4 Å². The van der Waals surface area contributed by atoms with Crippen LogP contribution in [0, 0.1) is 0 Å². The van der Waals surface area contributed by atoms with Gasteiger partial charge in [0.2, 0.25) is 17.7 Å². The van der Waals surface area contributed by atoms with E-state index < -0.39 is 0 Å². The topological polar surface area (TPSA) is 112 Å². The molecule has 0 radical (unpaired) electrons. The van der Waals surface area contributed by atoms with Gasteiger partial charge in [-0.1, -0.05) is 46.2 Å². The van der Waals surface area contributed by atoms with Crippen molar-refractivity contribution < 1.29 is 28.8 Å². The third-order valence-corrected chi connectivity index (χ3v) is 5.18. The summed E-state index contributed by atoms with van der Waals surface area (Å²) in [6.45, 7) is 0. The molecule has 1 aromatic rings. The summed E-state index contributed by atoms with van der Waals surface area (Å²) in [7, 11) is 4.49. The average Bonchev–Trinajstić information content (AvgIpc) is 3.24. The largest absolute Gasteiger partial charge is 0.288 e. The molecule has 2 saturated heterocycles. The molecule has 0 saturated carbocycles. The van der Waals surface area contributed by atoms with Crippen LogP contribution in [0.15, 0.2) is 24.3 Å². The van der Waals surface area contributed by atoms with Crippen molar-refractivity contribution >= 4 is 46.5 Å². The molecule has 3 heterocycles. The lowest BCUT2D eigenvalue weighted by molar-refractivity contribution is -0.136. The van der Waals surface area contributed by atoms with Crippen molar-refractivity contribution in [3.63, 3.8) is 0 Å². The number of carbonyl (C=O) groups is 6. The van der Waals surface area contributed by atoms with E-state index in [4.69, 9.17) is 0 Å². The first kappa shape index (κ1) is 30.2. The molecule has 3 aliphatic rings. The van der Waals surface area contributed by atoms with E-state index >= 15 is 0 Å². The van der Waals surface area contributed by atoms with E-state index in [2.05, 4.69) is 0 Å². The zero-order valence-corrected chi connectivity index (χ0v) is 16.4. The molecule has 1 aromatic carbocycles. The molecule has 0 aromatic heterocycles. The third kappa shape index (κ3) is 6.74. The maximum Gasteiger partial charge on any atom is 0.288 e. The molecule has 31 heavy (non-hydrogen) atoms. The second kappa shape index (κ2) is 12.6. The number of thioether (sulfide) groups is 1. The quantitative estimate of drug-likeness (QED) is 0.555. The molecule has 0 N–H and O–H groups in total. The predicted octanol–water partition coefficient (Wildman–Crippen LogP) is 2.90. The monoisotopic (exact) mass is 453 g/mol. The summed E-state index contributed by atoms with van der Waals surface area (Å²) in [5.74, 6) is -0.328. The van der Waals surface area contributed by atoms with Gasteiger partial charge in [0.1, 0.15) is 0 Å². The fourth-order valence-electron chi connectivity index (χ4n) is 2.42. The van der Waals surface area contributed by atoms with Gasteiger partial charge in [0.05, 0.1) is 16.9 Å². The molecule has 0 bridgehead atoms. The highest BCUT2D eigenvalue weighted by molar-refractivity contribution is 8.14. The van der Waals surface area contributed by atoms with Crippen LogP contribution in [-0.4, -0.2) is 76.4 Å². The number of hydrogen-bond acceptors (Lipinski definition) is 7. The van der Waals surface area contributed by atoms with Gasteiger partial charge in [-0.05, 0) is 12.1 Å². The predicted molar refractivity (Wildman–Crippen MR) is 121 cm³/mol. The molecule has 172 valence electrons. The zero-order chi connectivity index (χ0) is 21.0. The molecule has 4 rings (SSSR count). The maximum absolute atomic E-state index is 11.3. The number of likely N-dealkylation sites (tertiary alicyclic amines) is 1. The van der Waals surface area contributed by atoms with Crippen LogP contribution in [0.4, 0.5) is 4.79 Å². The molecule has 2 fully saturated rings. The number of rotatable bonds is 0. The maximum atomic E-state index is 11.3. The summed E-state index contributed by atoms with van der Waals surface area (Å²) in [5.41, 5.74) is 1.01. The Hall–Kier alpha value is -3.01. The summed E-state index contributed by atoms with van der Waals surface area (Å²) in [4.78, 5) is 68.0. The normalized spacial score (nSPS) is 16.4. The van der Waals surface area contributed by atoms with E-state index in [-0.39, 0.29) is 57.1 Å². The van der Waals surface area contributed by atoms with E-state index in [0.717, 1.165) is 21.6 Å². The van der Waals surface area contributed by atoms with Gasteiger partial charge >= 0.3 is 0 Å². The van der Waals surface area contributed by atoms with Gasteiger partial charge in [-0.3, -0.25) is 43.5 Å². The Morgan fingerprint density at radius 3 is 1.29 bits per heavy atom. The van der Waals surface area contributed by atoms with E-state index in [1.807, 2.05) is 0 Å². The minimum atomic E-state index is -0.212. The first-order valence-corrected chi connectivity index (χ1v) is 9.27. The van der Waals surface area contributed by atoms with Crippen LogP contribution < -0.4 is 0 Å². The lowest BCUT2D eigenvalue weighted by Gasteiger charge is -2.02. The van der Waals surface area contributed by atoms with Crippen LogP contribution in [0.3, 0.4) is 0 Å². The van der Waals surface area contributed by atoms with Gasteiger partial charge in [0.25, 0.3) is 17.1 Å². The van der Waals surface area contributed by atoms with Crippen molar-refractivity contribution in [3.8, 4) is 0 Å². The standard InChI is InChI=1S/C9H7NO2.C5H7NO2.C4H5NO2S.3CH4/c1-10-8(11)6-4-2-3-5-7(6)9(10)12;1-6-4(7)2-3-5(6)8;1-5-3(6)2-8-4(5)7;;;/h2-5H,1H3;2-3H2,1H3;2H2,1H3;3*1H4. The molecule has 0 spiro atoms. The van der Waals surface area contributed by atoms with Gasteiger partial charge < -0.3 is 0 Å². The molecule has 3 aliphatic heterocycles. The minimum absolute atomic E-state index is 0. The number of nitrogens with zero attached hydrogens (tertiary/aromatic N) is 3. The highest BCUT2D eigenvalue weighted by Gasteiger charge is 2.31. The molecule has 0 aliphatic carbocycles. The number of benzene rings is 1. The lowest BCUT2D eigenvalue weighted by Crippen LogP contribution is -2.24. The van der Waals surface area contributed by atoms with Crippen molar-refractivity contribution in [2.45, 2.75) is 35.1 Å². The van der Waals surface area contributed by atoms with Crippen LogP contribution in [0.5, 0.6) is 0 Å². The molecule has 6 amide bonds. The third-order valence-electron chi connectivity index (χ3n) is 4.27. The highest BCUT2D eigenvalue weighted by Crippen LogP contribution is 2.20. The van der Waals surface area contributed by atoms with E-state index in [1.165, 1.54) is 26.0 Å². The van der Waals surface area contributed by atoms with Crippen LogP contribution in [0.1, 0.15) is 55.8 Å². The van der Waals surface area contributed by atoms with Gasteiger partial charge in [0.15, 0.2) is 0 Å². The Morgan fingerprint density at radius 2 is 1.06 bits per heavy atom. The Balaban J connectivity index is 0. The molecular weight excluding hydrogens is 422 g/mol. The molecule has 0 atom stereocenters. The summed E-state index contributed by atoms with van der Waals surface area (Å²) in [5, 5.41) is -0.144. The molecule has 9 nitrogen and oxygen atoms in total. The fourth-order valence-corrected chi connectivity index (χ4v) is 3.15. The Morgan fingerprint density at radius 1 is 0.645 bits per heavy atom. The molecule has 0 unspecified atom stereocenters. The fraction of sp³-hybridized carbons (Fsp3) is 0.429. The minimum Gasteiger partial charge on any atom is -0.286 e. The van der Waals surface area contributed by atoms with Gasteiger partial charge in [-0.25, -0.2) is 0 Å². The van der Waals surface area contributed by atoms with E-state index in [0.29, 0.717) is 29.7 Å². The van der Waals surface area contributed by atoms with Gasteiger partial charge in [0, 0.05) is 34.0 Å². The van der Waals surface area contributed by atoms with Crippen molar-refractivity contribution in [1.29, 1.82) is 0 Å². The second-order valence-electron chi connectivity index (χ2n) is 6.07. The Bertz CT molecular complexity index is 769. The van der Waals surface area contributed by atoms with E-state index in [1.54, 1.807) is 24.3 Å². The average molecular weight is 454 g/mol. The van der Waals surface area contributed by atoms with Crippen LogP contribution >= 0.6 is 11.8 Å². The van der Waals surface area contributed by atoms with Crippen LogP contribution in [0.2, 0.25) is 0 Å². The first-order chi connectivity index (χ1) is 13.1. The van der Waals surface area contributed by atoms with Crippen molar-refractivity contribution in [2.75, 3.05) is 26.9 Å². The number of amides is 6. The Labute approximate surface area is 187 Å². The second-order valence-corrected chi connectivity index (χ2v) is 7.00. The summed E-state index contributed by atoms with van der Waals surface area (Å²) < 4.78 is 0. The molecule has 10 heteroatoms. The summed E-state index contributed by atoms with van der Waals surface area (Å²) in [6.07, 6.45) is 0.796.